The summed E-state index contributed by atoms with van der Waals surface area (Å²) >= 11 is 0. The van der Waals surface area contributed by atoms with Crippen molar-refractivity contribution in [3.8, 4) is 0 Å². The minimum atomic E-state index is -1.71. The van der Waals surface area contributed by atoms with Crippen LogP contribution in [0.3, 0.4) is 0 Å². The zero-order valence-corrected chi connectivity index (χ0v) is 42.4. The molecule has 1 aliphatic heterocycles. The molecule has 0 unspecified atom stereocenters. The van der Waals surface area contributed by atoms with Gasteiger partial charge in [-0.25, -0.2) is 8.78 Å². The lowest BCUT2D eigenvalue weighted by atomic mass is 10.0. The molecule has 1 saturated heterocycles. The van der Waals surface area contributed by atoms with Crippen LogP contribution in [0.15, 0.2) is 70.9 Å². The molecule has 0 aliphatic carbocycles. The molecule has 0 spiro atoms. The van der Waals surface area contributed by atoms with Crippen LogP contribution in [0.2, 0.25) is 0 Å². The predicted molar refractivity (Wildman–Crippen MR) is 280 cm³/mol. The second-order valence-electron chi connectivity index (χ2n) is 18.2. The highest BCUT2D eigenvalue weighted by Crippen LogP contribution is 2.20. The summed E-state index contributed by atoms with van der Waals surface area (Å²) in [5.74, 6) is -8.98. The van der Waals surface area contributed by atoms with E-state index in [1.165, 1.54) is 6.92 Å². The number of guanidine groups is 2. The van der Waals surface area contributed by atoms with Gasteiger partial charge in [-0.2, -0.15) is 0 Å². The summed E-state index contributed by atoms with van der Waals surface area (Å²) in [7, 11) is 0. The van der Waals surface area contributed by atoms with Gasteiger partial charge in [0.2, 0.25) is 47.3 Å². The van der Waals surface area contributed by atoms with E-state index in [1.54, 1.807) is 12.3 Å². The van der Waals surface area contributed by atoms with Crippen LogP contribution in [0.4, 0.5) is 8.78 Å². The van der Waals surface area contributed by atoms with Gasteiger partial charge in [0.1, 0.15) is 47.9 Å². The lowest BCUT2D eigenvalue weighted by Crippen LogP contribution is -2.60. The Morgan fingerprint density at radius 3 is 1.96 bits per heavy atom. The third kappa shape index (κ3) is 20.2. The molecule has 27 heteroatoms. The molecule has 0 radical (unpaired) electrons. The van der Waals surface area contributed by atoms with Gasteiger partial charge in [0, 0.05) is 74.7 Å². The van der Waals surface area contributed by atoms with Crippen LogP contribution in [0.1, 0.15) is 75.8 Å². The van der Waals surface area contributed by atoms with E-state index in [9.17, 15) is 47.1 Å². The normalized spacial score (nSPS) is 21.0. The topological polar surface area (TPSA) is 429 Å². The molecular formula is C49H71F2N17O8. The van der Waals surface area contributed by atoms with Gasteiger partial charge >= 0.3 is 0 Å². The molecule has 4 rings (SSSR count). The third-order valence-electron chi connectivity index (χ3n) is 12.1. The number of amides is 8. The van der Waals surface area contributed by atoms with Gasteiger partial charge in [-0.1, -0.05) is 24.8 Å². The summed E-state index contributed by atoms with van der Waals surface area (Å²) in [6.45, 7) is 4.96. The summed E-state index contributed by atoms with van der Waals surface area (Å²) in [6.07, 6.45) is 0.726. The number of nitrogens with zero attached hydrogens (tertiary/aromatic N) is 2. The molecule has 1 aromatic heterocycles. The number of fused-ring (bicyclic) bond motifs is 1. The van der Waals surface area contributed by atoms with Crippen molar-refractivity contribution in [2.45, 2.75) is 120 Å². The average Bonchev–Trinajstić information content (AvgIpc) is 3.76. The predicted octanol–water partition coefficient (Wildman–Crippen LogP) is -2.74. The number of nitrogens with two attached hydrogens (primary N) is 6. The molecule has 76 heavy (non-hydrogen) atoms. The molecule has 0 bridgehead atoms. The average molecular weight is 1060 g/mol. The number of aliphatic imine (C=N–C) groups is 2. The highest BCUT2D eigenvalue weighted by molar-refractivity contribution is 5.97. The Balaban J connectivity index is 1.79. The first kappa shape index (κ1) is 60.2. The Labute approximate surface area is 437 Å². The standard InChI is InChI=1S/C49H71F2N17O8/c1-26(53)33-10-5-17-58-41(70)14-13-37(65-42(71)35(62-27(2)69)11-6-18-59-48(54)55)44(73)66-38(15-16-52)45(74)67-39(22-28-20-30(50)24-31(51)21-28)46(75)64-36(12-7-19-60-49(56)57)43(72)68-40(47(76)63-33)23-29-25-61-34-9-4-3-8-32(29)34/h3-4,8-9,20-21,24-25,33,35-40,61H,1,5-7,10-19,22-23,52-53H2,2H3,(H,58,70)(H,62,69)(H,63,76)(H,64,75)(H,65,71)(H,66,73)(H,67,74)(H,68,72)(H4,54,55,59)(H4,56,57,60)/t33-,35-,36-,37-,38-,39+,40-/m0/s1. The van der Waals surface area contributed by atoms with Gasteiger partial charge in [-0.3, -0.25) is 48.3 Å². The molecule has 8 amide bonds. The van der Waals surface area contributed by atoms with Crippen molar-refractivity contribution in [2.24, 2.45) is 44.4 Å². The zero-order chi connectivity index (χ0) is 55.9. The fraction of sp³-hybridized carbons (Fsp3) is 0.469. The Bertz CT molecular complexity index is 2580. The maximum absolute atomic E-state index is 14.6. The number of carbonyl (C=O) groups excluding carboxylic acids is 8. The largest absolute Gasteiger partial charge is 0.401 e. The van der Waals surface area contributed by atoms with Crippen molar-refractivity contribution in [1.82, 2.24) is 47.5 Å². The molecule has 25 nitrogen and oxygen atoms in total. The van der Waals surface area contributed by atoms with Crippen LogP contribution in [-0.2, 0) is 51.2 Å². The Kier molecular flexibility index (Phi) is 23.9. The summed E-state index contributed by atoms with van der Waals surface area (Å²) in [4.78, 5) is 122. The van der Waals surface area contributed by atoms with Crippen LogP contribution in [0, 0.1) is 11.6 Å². The molecule has 2 aromatic carbocycles. The van der Waals surface area contributed by atoms with Gasteiger partial charge in [-0.15, -0.1) is 0 Å². The summed E-state index contributed by atoms with van der Waals surface area (Å²) < 4.78 is 29.3. The first-order chi connectivity index (χ1) is 36.1. The first-order valence-electron chi connectivity index (χ1n) is 24.7. The van der Waals surface area contributed by atoms with Gasteiger partial charge in [-0.05, 0) is 87.2 Å². The minimum Gasteiger partial charge on any atom is -0.401 e. The number of rotatable bonds is 18. The fourth-order valence-corrected chi connectivity index (χ4v) is 8.28. The van der Waals surface area contributed by atoms with Crippen molar-refractivity contribution in [3.63, 3.8) is 0 Å². The van der Waals surface area contributed by atoms with Crippen LogP contribution >= 0.6 is 0 Å². The molecule has 414 valence electrons. The number of carbonyl (C=O) groups is 8. The number of para-hydroxylation sites is 1. The zero-order valence-electron chi connectivity index (χ0n) is 42.4. The minimum absolute atomic E-state index is 0.0000451. The molecule has 21 N–H and O–H groups in total. The van der Waals surface area contributed by atoms with Gasteiger partial charge in [0.25, 0.3) is 0 Å². The lowest BCUT2D eigenvalue weighted by Gasteiger charge is -2.28. The number of aromatic nitrogens is 1. The number of H-pyrrole nitrogens is 1. The maximum atomic E-state index is 14.6. The van der Waals surface area contributed by atoms with Crippen molar-refractivity contribution < 1.29 is 47.1 Å². The summed E-state index contributed by atoms with van der Waals surface area (Å²) in [5.41, 5.74) is 35.4. The number of hydrogen-bond donors (Lipinski definition) is 15. The highest BCUT2D eigenvalue weighted by atomic mass is 19.1. The lowest BCUT2D eigenvalue weighted by molar-refractivity contribution is -0.135. The second-order valence-corrected chi connectivity index (χ2v) is 18.2. The smallest absolute Gasteiger partial charge is 0.243 e. The van der Waals surface area contributed by atoms with Crippen LogP contribution < -0.4 is 76.9 Å². The third-order valence-corrected chi connectivity index (χ3v) is 12.1. The van der Waals surface area contributed by atoms with Crippen molar-refractivity contribution in [3.05, 3.63) is 83.7 Å². The number of hydrogen-bond acceptors (Lipinski definition) is 12. The van der Waals surface area contributed by atoms with E-state index in [4.69, 9.17) is 34.4 Å². The van der Waals surface area contributed by atoms with E-state index in [1.807, 2.05) is 18.2 Å². The van der Waals surface area contributed by atoms with Crippen LogP contribution in [0.25, 0.3) is 10.9 Å². The first-order valence-corrected chi connectivity index (χ1v) is 24.7. The Hall–Kier alpha value is -8.36. The fourth-order valence-electron chi connectivity index (χ4n) is 8.28. The quantitative estimate of drug-likeness (QED) is 0.0350. The van der Waals surface area contributed by atoms with Gasteiger partial charge in [0.15, 0.2) is 11.9 Å². The molecule has 0 saturated carbocycles. The van der Waals surface area contributed by atoms with E-state index in [2.05, 4.69) is 64.1 Å². The maximum Gasteiger partial charge on any atom is 0.243 e. The van der Waals surface area contributed by atoms with Crippen molar-refractivity contribution in [2.75, 3.05) is 26.2 Å². The molecule has 1 fully saturated rings. The Morgan fingerprint density at radius 1 is 0.750 bits per heavy atom. The number of nitrogens with one attached hydrogen (secondary N) is 9. The summed E-state index contributed by atoms with van der Waals surface area (Å²) in [6, 6.07) is 0.114. The van der Waals surface area contributed by atoms with E-state index in [0.717, 1.165) is 23.0 Å². The van der Waals surface area contributed by atoms with Crippen molar-refractivity contribution in [1.29, 1.82) is 0 Å². The van der Waals surface area contributed by atoms with Crippen LogP contribution in [0.5, 0.6) is 0 Å². The number of aromatic amines is 1. The van der Waals surface area contributed by atoms with E-state index >= 15 is 0 Å². The van der Waals surface area contributed by atoms with E-state index in [0.29, 0.717) is 11.6 Å². The second kappa shape index (κ2) is 30.1. The highest BCUT2D eigenvalue weighted by Gasteiger charge is 2.34. The number of benzene rings is 2. The van der Waals surface area contributed by atoms with E-state index in [-0.39, 0.29) is 114 Å². The Morgan fingerprint density at radius 2 is 1.33 bits per heavy atom. The molecule has 1 aliphatic rings. The monoisotopic (exact) mass is 1060 g/mol. The van der Waals surface area contributed by atoms with Crippen molar-refractivity contribution >= 4 is 70.1 Å². The van der Waals surface area contributed by atoms with Crippen LogP contribution in [-0.4, -0.2) is 133 Å². The molecular weight excluding hydrogens is 993 g/mol. The van der Waals surface area contributed by atoms with E-state index < -0.39 is 108 Å². The SMILES string of the molecule is C=C(N)[C@@H]1CCCNC(=O)CC[C@H](NC(=O)[C@H](CCCN=C(N)N)NC(C)=O)C(=O)N[C@@H](CCN)C(=O)N[C@H](Cc2cc(F)cc(F)c2)C(=O)N[C@@H](CCCN=C(N)N)C(=O)N[C@@H](Cc2c[nH]c3ccccc23)C(=O)N1. The molecule has 3 aromatic rings. The van der Waals surface area contributed by atoms with Gasteiger partial charge in [0.05, 0.1) is 6.04 Å². The number of halogens is 2. The molecule has 7 atom stereocenters. The summed E-state index contributed by atoms with van der Waals surface area (Å²) in [5, 5.41) is 21.9. The van der Waals surface area contributed by atoms with Gasteiger partial charge < -0.3 is 81.9 Å². The molecule has 2 heterocycles.